The van der Waals surface area contributed by atoms with Gasteiger partial charge in [0.2, 0.25) is 5.60 Å². The van der Waals surface area contributed by atoms with E-state index in [2.05, 4.69) is 0 Å². The van der Waals surface area contributed by atoms with Crippen LogP contribution in [0.4, 0.5) is 0 Å². The van der Waals surface area contributed by atoms with E-state index in [4.69, 9.17) is 4.74 Å². The summed E-state index contributed by atoms with van der Waals surface area (Å²) in [6, 6.07) is 4.67. The van der Waals surface area contributed by atoms with Gasteiger partial charge in [-0.15, -0.1) is 0 Å². The Labute approximate surface area is 99.8 Å². The van der Waals surface area contributed by atoms with Crippen LogP contribution in [0.2, 0.25) is 0 Å². The van der Waals surface area contributed by atoms with Crippen molar-refractivity contribution in [2.45, 2.75) is 32.8 Å². The predicted molar refractivity (Wildman–Crippen MR) is 62.3 cm³/mol. The van der Waals surface area contributed by atoms with Gasteiger partial charge in [-0.2, -0.15) is 0 Å². The molecular weight excluding hydrogens is 220 g/mol. The van der Waals surface area contributed by atoms with E-state index < -0.39 is 17.0 Å². The molecule has 0 spiro atoms. The molecule has 1 aliphatic rings. The Morgan fingerprint density at radius 3 is 2.59 bits per heavy atom. The van der Waals surface area contributed by atoms with Crippen molar-refractivity contribution in [2.75, 3.05) is 0 Å². The number of fused-ring (bicyclic) bond motifs is 1. The molecule has 0 aromatic heterocycles. The third-order valence-corrected chi connectivity index (χ3v) is 3.32. The van der Waals surface area contributed by atoms with Crippen LogP contribution >= 0.6 is 0 Å². The lowest BCUT2D eigenvalue weighted by atomic mass is 9.74. The molecule has 1 atom stereocenters. The molecule has 92 valence electrons. The smallest absolute Gasteiger partial charge is 0.348 e. The number of carbonyl (C=O) groups is 1. The fourth-order valence-corrected chi connectivity index (χ4v) is 2.15. The molecule has 0 saturated heterocycles. The van der Waals surface area contributed by atoms with Gasteiger partial charge in [0.05, 0.1) is 0 Å². The van der Waals surface area contributed by atoms with Crippen molar-refractivity contribution in [2.24, 2.45) is 5.41 Å². The van der Waals surface area contributed by atoms with Gasteiger partial charge in [-0.05, 0) is 18.2 Å². The largest absolute Gasteiger partial charge is 0.508 e. The Morgan fingerprint density at radius 2 is 2.06 bits per heavy atom. The first-order chi connectivity index (χ1) is 7.76. The lowest BCUT2D eigenvalue weighted by Crippen LogP contribution is -2.54. The van der Waals surface area contributed by atoms with Crippen LogP contribution in [0.15, 0.2) is 18.2 Å². The van der Waals surface area contributed by atoms with E-state index in [1.165, 1.54) is 6.07 Å². The highest BCUT2D eigenvalue weighted by atomic mass is 16.5. The number of carboxylic acids is 1. The van der Waals surface area contributed by atoms with Gasteiger partial charge in [-0.1, -0.05) is 20.8 Å². The summed E-state index contributed by atoms with van der Waals surface area (Å²) in [6.45, 7) is 5.52. The first kappa shape index (κ1) is 11.8. The number of phenols is 1. The number of aliphatic carboxylic acids is 1. The van der Waals surface area contributed by atoms with Crippen LogP contribution in [-0.2, 0) is 11.2 Å². The number of hydrogen-bond acceptors (Lipinski definition) is 3. The quantitative estimate of drug-likeness (QED) is 0.784. The van der Waals surface area contributed by atoms with Crippen LogP contribution in [0.5, 0.6) is 11.5 Å². The van der Waals surface area contributed by atoms with E-state index in [9.17, 15) is 15.0 Å². The Hall–Kier alpha value is -1.71. The number of rotatable bonds is 1. The molecule has 1 aromatic rings. The summed E-state index contributed by atoms with van der Waals surface area (Å²) in [6.07, 6.45) is 0.273. The molecule has 1 aromatic carbocycles. The topological polar surface area (TPSA) is 66.8 Å². The second-order valence-electron chi connectivity index (χ2n) is 5.45. The minimum atomic E-state index is -1.26. The van der Waals surface area contributed by atoms with Crippen molar-refractivity contribution < 1.29 is 19.7 Å². The second-order valence-corrected chi connectivity index (χ2v) is 5.45. The molecule has 0 radical (unpaired) electrons. The number of phenolic OH excluding ortho intramolecular Hbond substituents is 1. The van der Waals surface area contributed by atoms with E-state index in [1.54, 1.807) is 12.1 Å². The van der Waals surface area contributed by atoms with Gasteiger partial charge < -0.3 is 14.9 Å². The Kier molecular flexibility index (Phi) is 2.35. The van der Waals surface area contributed by atoms with Crippen molar-refractivity contribution >= 4 is 5.97 Å². The van der Waals surface area contributed by atoms with Crippen LogP contribution in [0, 0.1) is 5.41 Å². The second kappa shape index (κ2) is 3.39. The van der Waals surface area contributed by atoms with E-state index in [1.807, 2.05) is 20.8 Å². The average Bonchev–Trinajstić information content (AvgIpc) is 2.56. The molecular formula is C13H16O4. The molecule has 2 rings (SSSR count). The van der Waals surface area contributed by atoms with Gasteiger partial charge in [-0.25, -0.2) is 4.79 Å². The lowest BCUT2D eigenvalue weighted by Gasteiger charge is -2.36. The van der Waals surface area contributed by atoms with E-state index in [0.717, 1.165) is 5.56 Å². The monoisotopic (exact) mass is 236 g/mol. The number of ether oxygens (including phenoxy) is 1. The molecule has 1 unspecified atom stereocenters. The molecule has 17 heavy (non-hydrogen) atoms. The number of hydrogen-bond donors (Lipinski definition) is 2. The van der Waals surface area contributed by atoms with Crippen LogP contribution in [0.25, 0.3) is 0 Å². The van der Waals surface area contributed by atoms with Crippen molar-refractivity contribution in [3.05, 3.63) is 23.8 Å². The maximum Gasteiger partial charge on any atom is 0.348 e. The zero-order valence-corrected chi connectivity index (χ0v) is 10.2. The summed E-state index contributed by atoms with van der Waals surface area (Å²) in [5, 5.41) is 18.9. The standard InChI is InChI=1S/C13H16O4/c1-12(2,3)13(11(15)16)7-8-6-9(14)4-5-10(8)17-13/h4-6,14H,7H2,1-3H3,(H,15,16). The van der Waals surface area contributed by atoms with Gasteiger partial charge in [0.25, 0.3) is 0 Å². The Bertz CT molecular complexity index is 473. The molecule has 0 bridgehead atoms. The number of benzene rings is 1. The molecule has 0 fully saturated rings. The summed E-state index contributed by atoms with van der Waals surface area (Å²) >= 11 is 0. The minimum absolute atomic E-state index is 0.127. The third kappa shape index (κ3) is 1.64. The van der Waals surface area contributed by atoms with Crippen LogP contribution in [0.3, 0.4) is 0 Å². The third-order valence-electron chi connectivity index (χ3n) is 3.32. The SMILES string of the molecule is CC(C)(C)C1(C(=O)O)Cc2cc(O)ccc2O1. The Balaban J connectivity index is 2.48. The molecule has 0 aliphatic carbocycles. The van der Waals surface area contributed by atoms with Crippen LogP contribution < -0.4 is 4.74 Å². The highest BCUT2D eigenvalue weighted by Crippen LogP contribution is 2.45. The molecule has 0 saturated carbocycles. The Morgan fingerprint density at radius 1 is 1.41 bits per heavy atom. The molecule has 4 nitrogen and oxygen atoms in total. The zero-order chi connectivity index (χ0) is 12.8. The van der Waals surface area contributed by atoms with Gasteiger partial charge >= 0.3 is 5.97 Å². The van der Waals surface area contributed by atoms with E-state index in [-0.39, 0.29) is 12.2 Å². The number of carboxylic acid groups (broad SMARTS) is 1. The first-order valence-corrected chi connectivity index (χ1v) is 5.50. The first-order valence-electron chi connectivity index (χ1n) is 5.50. The van der Waals surface area contributed by atoms with Crippen molar-refractivity contribution in [1.29, 1.82) is 0 Å². The fourth-order valence-electron chi connectivity index (χ4n) is 2.15. The normalized spacial score (nSPS) is 23.0. The van der Waals surface area contributed by atoms with Crippen molar-refractivity contribution in [3.8, 4) is 11.5 Å². The summed E-state index contributed by atoms with van der Waals surface area (Å²) < 4.78 is 5.66. The minimum Gasteiger partial charge on any atom is -0.508 e. The molecule has 4 heteroatoms. The van der Waals surface area contributed by atoms with Gasteiger partial charge in [-0.3, -0.25) is 0 Å². The lowest BCUT2D eigenvalue weighted by molar-refractivity contribution is -0.163. The van der Waals surface area contributed by atoms with E-state index >= 15 is 0 Å². The highest BCUT2D eigenvalue weighted by molar-refractivity contribution is 5.81. The molecule has 2 N–H and O–H groups in total. The maximum absolute atomic E-state index is 11.5. The van der Waals surface area contributed by atoms with Gasteiger partial charge in [0, 0.05) is 17.4 Å². The number of aromatic hydroxyl groups is 1. The predicted octanol–water partition coefficient (Wildman–Crippen LogP) is 2.20. The average molecular weight is 236 g/mol. The van der Waals surface area contributed by atoms with Crippen LogP contribution in [0.1, 0.15) is 26.3 Å². The summed E-state index contributed by atoms with van der Waals surface area (Å²) in [7, 11) is 0. The van der Waals surface area contributed by atoms with Gasteiger partial charge in [0.15, 0.2) is 0 Å². The zero-order valence-electron chi connectivity index (χ0n) is 10.2. The van der Waals surface area contributed by atoms with Crippen molar-refractivity contribution in [3.63, 3.8) is 0 Å². The van der Waals surface area contributed by atoms with E-state index in [0.29, 0.717) is 5.75 Å². The summed E-state index contributed by atoms with van der Waals surface area (Å²) in [5.74, 6) is -0.303. The van der Waals surface area contributed by atoms with Gasteiger partial charge in [0.1, 0.15) is 11.5 Å². The fraction of sp³-hybridized carbons (Fsp3) is 0.462. The molecule has 1 heterocycles. The van der Waals surface area contributed by atoms with Crippen LogP contribution in [-0.4, -0.2) is 21.8 Å². The van der Waals surface area contributed by atoms with Crippen molar-refractivity contribution in [1.82, 2.24) is 0 Å². The highest BCUT2D eigenvalue weighted by Gasteiger charge is 2.55. The maximum atomic E-state index is 11.5. The summed E-state index contributed by atoms with van der Waals surface area (Å²) in [5.41, 5.74) is -1.06. The molecule has 0 amide bonds. The molecule has 1 aliphatic heterocycles. The summed E-state index contributed by atoms with van der Waals surface area (Å²) in [4.78, 5) is 11.5.